The molecule has 21 heavy (non-hydrogen) atoms. The van der Waals surface area contributed by atoms with E-state index in [4.69, 9.17) is 17.3 Å². The molecule has 3 rings (SSSR count). The third-order valence-corrected chi connectivity index (χ3v) is 5.96. The van der Waals surface area contributed by atoms with Gasteiger partial charge in [0.15, 0.2) is 9.84 Å². The molecule has 2 heterocycles. The Bertz CT molecular complexity index is 871. The maximum absolute atomic E-state index is 12.2. The van der Waals surface area contributed by atoms with E-state index >= 15 is 0 Å². The average molecular weight is 343 g/mol. The molecule has 1 aromatic heterocycles. The number of thiophene rings is 1. The Balaban J connectivity index is 1.89. The SMILES string of the molecule is Nc1c(C(=O)NC2C=CS(=O)(=O)C2)sc2ccc(Cl)cc12. The quantitative estimate of drug-likeness (QED) is 0.875. The number of anilines is 1. The number of hydrogen-bond donors (Lipinski definition) is 2. The summed E-state index contributed by atoms with van der Waals surface area (Å²) in [6.07, 6.45) is 1.47. The monoisotopic (exact) mass is 342 g/mol. The number of fused-ring (bicyclic) bond motifs is 1. The van der Waals surface area contributed by atoms with Gasteiger partial charge in [-0.2, -0.15) is 0 Å². The van der Waals surface area contributed by atoms with E-state index in [2.05, 4.69) is 5.32 Å². The zero-order valence-electron chi connectivity index (χ0n) is 10.7. The van der Waals surface area contributed by atoms with Crippen molar-refractivity contribution in [2.75, 3.05) is 11.5 Å². The first-order valence-corrected chi connectivity index (χ1v) is 8.96. The number of carbonyl (C=O) groups is 1. The third kappa shape index (κ3) is 2.76. The molecule has 110 valence electrons. The Hall–Kier alpha value is -1.57. The maximum atomic E-state index is 12.2. The summed E-state index contributed by atoms with van der Waals surface area (Å²) in [6.45, 7) is 0. The van der Waals surface area contributed by atoms with Crippen LogP contribution in [-0.2, 0) is 9.84 Å². The molecule has 0 saturated carbocycles. The standard InChI is InChI=1S/C13H11ClN2O3S2/c14-7-1-2-10-9(5-7)11(15)12(20-10)13(17)16-8-3-4-21(18,19)6-8/h1-5,8H,6,15H2,(H,16,17). The van der Waals surface area contributed by atoms with Crippen LogP contribution in [0.5, 0.6) is 0 Å². The summed E-state index contributed by atoms with van der Waals surface area (Å²) in [7, 11) is -3.20. The van der Waals surface area contributed by atoms with Crippen LogP contribution in [-0.4, -0.2) is 26.1 Å². The molecule has 1 aliphatic rings. The fraction of sp³-hybridized carbons (Fsp3) is 0.154. The predicted octanol–water partition coefficient (Wildman–Crippen LogP) is 2.18. The number of nitrogens with one attached hydrogen (secondary N) is 1. The minimum absolute atomic E-state index is 0.116. The summed E-state index contributed by atoms with van der Waals surface area (Å²) in [5.74, 6) is -0.494. The molecule has 1 aliphatic heterocycles. The first-order chi connectivity index (χ1) is 9.85. The summed E-state index contributed by atoms with van der Waals surface area (Å²) < 4.78 is 23.5. The Labute approximate surface area is 130 Å². The summed E-state index contributed by atoms with van der Waals surface area (Å²) in [5, 5.41) is 5.05. The Morgan fingerprint density at radius 2 is 2.19 bits per heavy atom. The molecule has 5 nitrogen and oxygen atoms in total. The van der Waals surface area contributed by atoms with Crippen molar-refractivity contribution in [1.29, 1.82) is 0 Å². The molecule has 0 aliphatic carbocycles. The molecule has 0 radical (unpaired) electrons. The van der Waals surface area contributed by atoms with Crippen LogP contribution in [0, 0.1) is 0 Å². The van der Waals surface area contributed by atoms with Gasteiger partial charge < -0.3 is 11.1 Å². The van der Waals surface area contributed by atoms with Crippen molar-refractivity contribution in [3.63, 3.8) is 0 Å². The molecule has 0 spiro atoms. The van der Waals surface area contributed by atoms with Gasteiger partial charge in [0.05, 0.1) is 17.5 Å². The number of sulfone groups is 1. The molecular formula is C13H11ClN2O3S2. The van der Waals surface area contributed by atoms with E-state index in [1.165, 1.54) is 17.4 Å². The highest BCUT2D eigenvalue weighted by Gasteiger charge is 2.25. The van der Waals surface area contributed by atoms with Gasteiger partial charge >= 0.3 is 0 Å². The van der Waals surface area contributed by atoms with E-state index < -0.39 is 15.9 Å². The summed E-state index contributed by atoms with van der Waals surface area (Å²) in [5.41, 5.74) is 6.35. The number of carbonyl (C=O) groups excluding carboxylic acids is 1. The fourth-order valence-corrected chi connectivity index (χ4v) is 4.57. The largest absolute Gasteiger partial charge is 0.397 e. The first kappa shape index (κ1) is 14.4. The second-order valence-corrected chi connectivity index (χ2v) is 8.14. The van der Waals surface area contributed by atoms with Gasteiger partial charge in [0.25, 0.3) is 5.91 Å². The molecular weight excluding hydrogens is 332 g/mol. The zero-order chi connectivity index (χ0) is 15.2. The van der Waals surface area contributed by atoms with Crippen LogP contribution in [0.4, 0.5) is 5.69 Å². The molecule has 1 unspecified atom stereocenters. The fourth-order valence-electron chi connectivity index (χ4n) is 2.16. The van der Waals surface area contributed by atoms with Gasteiger partial charge in [0, 0.05) is 20.5 Å². The number of hydrogen-bond acceptors (Lipinski definition) is 5. The highest BCUT2D eigenvalue weighted by Crippen LogP contribution is 2.35. The highest BCUT2D eigenvalue weighted by atomic mass is 35.5. The molecule has 2 aromatic rings. The van der Waals surface area contributed by atoms with Gasteiger partial charge in [-0.25, -0.2) is 8.42 Å². The molecule has 0 fully saturated rings. The first-order valence-electron chi connectivity index (χ1n) is 6.05. The number of benzene rings is 1. The van der Waals surface area contributed by atoms with E-state index in [-0.39, 0.29) is 11.7 Å². The molecule has 0 saturated heterocycles. The van der Waals surface area contributed by atoms with Gasteiger partial charge in [-0.15, -0.1) is 11.3 Å². The maximum Gasteiger partial charge on any atom is 0.264 e. The Morgan fingerprint density at radius 3 is 2.86 bits per heavy atom. The van der Waals surface area contributed by atoms with Crippen LogP contribution in [0.15, 0.2) is 29.7 Å². The minimum Gasteiger partial charge on any atom is -0.397 e. The lowest BCUT2D eigenvalue weighted by atomic mass is 10.2. The number of nitrogens with two attached hydrogens (primary N) is 1. The predicted molar refractivity (Wildman–Crippen MR) is 85.4 cm³/mol. The lowest BCUT2D eigenvalue weighted by Gasteiger charge is -2.09. The molecule has 1 atom stereocenters. The normalized spacial score (nSPS) is 20.0. The number of amides is 1. The van der Waals surface area contributed by atoms with Gasteiger partial charge in [0.2, 0.25) is 0 Å². The summed E-state index contributed by atoms with van der Waals surface area (Å²) >= 11 is 7.18. The minimum atomic E-state index is -3.20. The second kappa shape index (κ2) is 5.01. The molecule has 0 bridgehead atoms. The van der Waals surface area contributed by atoms with Crippen molar-refractivity contribution in [3.8, 4) is 0 Å². The molecule has 3 N–H and O–H groups in total. The molecule has 1 aromatic carbocycles. The van der Waals surface area contributed by atoms with Crippen LogP contribution in [0.25, 0.3) is 10.1 Å². The van der Waals surface area contributed by atoms with Gasteiger partial charge in [-0.05, 0) is 24.3 Å². The molecule has 1 amide bonds. The zero-order valence-corrected chi connectivity index (χ0v) is 13.1. The van der Waals surface area contributed by atoms with Crippen molar-refractivity contribution in [3.05, 3.63) is 39.6 Å². The van der Waals surface area contributed by atoms with Crippen molar-refractivity contribution >= 4 is 54.5 Å². The number of halogens is 1. The number of nitrogen functional groups attached to an aromatic ring is 1. The van der Waals surface area contributed by atoms with Crippen molar-refractivity contribution in [2.24, 2.45) is 0 Å². The van der Waals surface area contributed by atoms with E-state index in [0.29, 0.717) is 15.6 Å². The molecule has 8 heteroatoms. The highest BCUT2D eigenvalue weighted by molar-refractivity contribution is 7.94. The van der Waals surface area contributed by atoms with Crippen LogP contribution in [0.2, 0.25) is 5.02 Å². The smallest absolute Gasteiger partial charge is 0.264 e. The van der Waals surface area contributed by atoms with Gasteiger partial charge in [-0.3, -0.25) is 4.79 Å². The summed E-state index contributed by atoms with van der Waals surface area (Å²) in [6, 6.07) is 4.72. The van der Waals surface area contributed by atoms with Crippen molar-refractivity contribution in [2.45, 2.75) is 6.04 Å². The van der Waals surface area contributed by atoms with Crippen LogP contribution >= 0.6 is 22.9 Å². The van der Waals surface area contributed by atoms with Crippen molar-refractivity contribution < 1.29 is 13.2 Å². The van der Waals surface area contributed by atoms with Crippen LogP contribution in [0.3, 0.4) is 0 Å². The topological polar surface area (TPSA) is 89.3 Å². The number of rotatable bonds is 2. The lowest BCUT2D eigenvalue weighted by Crippen LogP contribution is -2.35. The van der Waals surface area contributed by atoms with E-state index in [1.807, 2.05) is 0 Å². The Morgan fingerprint density at radius 1 is 1.43 bits per heavy atom. The summed E-state index contributed by atoms with van der Waals surface area (Å²) in [4.78, 5) is 12.6. The van der Waals surface area contributed by atoms with Gasteiger partial charge in [-0.1, -0.05) is 11.6 Å². The van der Waals surface area contributed by atoms with E-state index in [9.17, 15) is 13.2 Å². The van der Waals surface area contributed by atoms with E-state index in [0.717, 1.165) is 15.5 Å². The average Bonchev–Trinajstić information content (AvgIpc) is 2.90. The Kier molecular flexibility index (Phi) is 3.43. The van der Waals surface area contributed by atoms with Crippen LogP contribution < -0.4 is 11.1 Å². The third-order valence-electron chi connectivity index (χ3n) is 3.14. The van der Waals surface area contributed by atoms with Crippen molar-refractivity contribution in [1.82, 2.24) is 5.32 Å². The second-order valence-electron chi connectivity index (χ2n) is 4.72. The van der Waals surface area contributed by atoms with Gasteiger partial charge in [0.1, 0.15) is 4.88 Å². The van der Waals surface area contributed by atoms with Crippen LogP contribution in [0.1, 0.15) is 9.67 Å². The van der Waals surface area contributed by atoms with E-state index in [1.54, 1.807) is 18.2 Å². The lowest BCUT2D eigenvalue weighted by molar-refractivity contribution is 0.0952.